The van der Waals surface area contributed by atoms with Gasteiger partial charge in [-0.2, -0.15) is 0 Å². The van der Waals surface area contributed by atoms with Crippen LogP contribution >= 0.6 is 22.7 Å². The molecule has 3 aromatic rings. The highest BCUT2D eigenvalue weighted by Crippen LogP contribution is 2.24. The lowest BCUT2D eigenvalue weighted by atomic mass is 10.2. The number of benzene rings is 1. The molecule has 2 heterocycles. The fourth-order valence-electron chi connectivity index (χ4n) is 2.45. The largest absolute Gasteiger partial charge is 0.337 e. The van der Waals surface area contributed by atoms with Crippen LogP contribution in [0.4, 0.5) is 0 Å². The van der Waals surface area contributed by atoms with Crippen LogP contribution in [0, 0.1) is 6.92 Å². The van der Waals surface area contributed by atoms with Crippen molar-refractivity contribution in [1.82, 2.24) is 9.88 Å². The van der Waals surface area contributed by atoms with Gasteiger partial charge in [-0.1, -0.05) is 35.9 Å². The van der Waals surface area contributed by atoms with Crippen molar-refractivity contribution in [3.63, 3.8) is 0 Å². The maximum Gasteiger partial charge on any atom is 0.228 e. The number of rotatable bonds is 6. The number of thiophene rings is 1. The third kappa shape index (κ3) is 4.10. The Kier molecular flexibility index (Phi) is 5.43. The Balaban J connectivity index is 1.67. The molecule has 5 heteroatoms. The summed E-state index contributed by atoms with van der Waals surface area (Å²) >= 11 is 3.28. The number of aromatic nitrogens is 1. The second-order valence-corrected chi connectivity index (χ2v) is 7.56. The summed E-state index contributed by atoms with van der Waals surface area (Å²) in [4.78, 5) is 20.3. The quantitative estimate of drug-likeness (QED) is 0.637. The molecule has 0 saturated heterocycles. The summed E-state index contributed by atoms with van der Waals surface area (Å²) in [5.74, 6) is 0.131. The first-order chi connectivity index (χ1) is 11.7. The smallest absolute Gasteiger partial charge is 0.228 e. The molecule has 24 heavy (non-hydrogen) atoms. The fourth-order valence-corrected chi connectivity index (χ4v) is 4.00. The number of carbonyl (C=O) groups is 1. The van der Waals surface area contributed by atoms with E-state index in [0.29, 0.717) is 19.5 Å². The Morgan fingerprint density at radius 3 is 2.62 bits per heavy atom. The van der Waals surface area contributed by atoms with Gasteiger partial charge >= 0.3 is 0 Å². The van der Waals surface area contributed by atoms with E-state index in [-0.39, 0.29) is 5.91 Å². The van der Waals surface area contributed by atoms with Crippen molar-refractivity contribution in [3.05, 3.63) is 63.3 Å². The average Bonchev–Trinajstić information content (AvgIpc) is 3.25. The Labute approximate surface area is 150 Å². The van der Waals surface area contributed by atoms with Crippen LogP contribution in [0.5, 0.6) is 0 Å². The minimum absolute atomic E-state index is 0.131. The molecule has 124 valence electrons. The lowest BCUT2D eigenvalue weighted by Crippen LogP contribution is -2.31. The summed E-state index contributed by atoms with van der Waals surface area (Å²) in [5.41, 5.74) is 3.19. The van der Waals surface area contributed by atoms with E-state index < -0.39 is 0 Å². The molecule has 0 aliphatic rings. The lowest BCUT2D eigenvalue weighted by molar-refractivity contribution is -0.130. The fraction of sp³-hybridized carbons (Fsp3) is 0.263. The van der Waals surface area contributed by atoms with E-state index in [1.807, 2.05) is 28.7 Å². The van der Waals surface area contributed by atoms with Crippen molar-refractivity contribution >= 4 is 28.6 Å². The zero-order valence-electron chi connectivity index (χ0n) is 13.9. The number of amides is 1. The van der Waals surface area contributed by atoms with Crippen LogP contribution in [-0.4, -0.2) is 22.3 Å². The van der Waals surface area contributed by atoms with Gasteiger partial charge in [0, 0.05) is 22.4 Å². The normalized spacial score (nSPS) is 10.8. The second-order valence-electron chi connectivity index (χ2n) is 5.67. The molecule has 1 amide bonds. The Bertz CT molecular complexity index is 791. The molecule has 1 aromatic carbocycles. The maximum atomic E-state index is 12.6. The molecular formula is C19H20N2OS2. The molecule has 3 nitrogen and oxygen atoms in total. The summed E-state index contributed by atoms with van der Waals surface area (Å²) in [6, 6.07) is 12.4. The van der Waals surface area contributed by atoms with Crippen molar-refractivity contribution in [2.75, 3.05) is 6.54 Å². The van der Waals surface area contributed by atoms with Crippen molar-refractivity contribution in [2.45, 2.75) is 26.8 Å². The number of aryl methyl sites for hydroxylation is 1. The van der Waals surface area contributed by atoms with E-state index in [1.165, 1.54) is 10.4 Å². The number of thiazole rings is 1. The third-order valence-electron chi connectivity index (χ3n) is 3.84. The molecule has 0 aliphatic carbocycles. The first kappa shape index (κ1) is 16.9. The van der Waals surface area contributed by atoms with E-state index in [1.54, 1.807) is 22.7 Å². The minimum atomic E-state index is 0.131. The van der Waals surface area contributed by atoms with Crippen LogP contribution in [0.25, 0.3) is 10.6 Å². The molecule has 2 aromatic heterocycles. The average molecular weight is 357 g/mol. The van der Waals surface area contributed by atoms with E-state index in [2.05, 4.69) is 42.2 Å². The number of hydrogen-bond acceptors (Lipinski definition) is 4. The molecule has 0 N–H and O–H groups in total. The van der Waals surface area contributed by atoms with Gasteiger partial charge in [0.25, 0.3) is 0 Å². The van der Waals surface area contributed by atoms with Gasteiger partial charge in [0.2, 0.25) is 5.91 Å². The highest BCUT2D eigenvalue weighted by molar-refractivity contribution is 7.13. The Hall–Kier alpha value is -1.98. The van der Waals surface area contributed by atoms with E-state index in [9.17, 15) is 4.79 Å². The van der Waals surface area contributed by atoms with Crippen LogP contribution in [0.1, 0.15) is 23.1 Å². The van der Waals surface area contributed by atoms with Crippen LogP contribution in [0.15, 0.2) is 47.2 Å². The number of hydrogen-bond donors (Lipinski definition) is 0. The van der Waals surface area contributed by atoms with Crippen molar-refractivity contribution < 1.29 is 4.79 Å². The van der Waals surface area contributed by atoms with Gasteiger partial charge < -0.3 is 4.90 Å². The molecular weight excluding hydrogens is 336 g/mol. The first-order valence-electron chi connectivity index (χ1n) is 7.97. The van der Waals surface area contributed by atoms with Gasteiger partial charge in [0.15, 0.2) is 0 Å². The van der Waals surface area contributed by atoms with Crippen LogP contribution in [0.3, 0.4) is 0 Å². The summed E-state index contributed by atoms with van der Waals surface area (Å²) < 4.78 is 0. The molecule has 0 aliphatic heterocycles. The van der Waals surface area contributed by atoms with E-state index in [4.69, 9.17) is 0 Å². The predicted octanol–water partition coefficient (Wildman–Crippen LogP) is 4.77. The van der Waals surface area contributed by atoms with Gasteiger partial charge in [-0.15, -0.1) is 22.7 Å². The topological polar surface area (TPSA) is 33.2 Å². The van der Waals surface area contributed by atoms with E-state index >= 15 is 0 Å². The van der Waals surface area contributed by atoms with Crippen molar-refractivity contribution in [3.8, 4) is 10.6 Å². The van der Waals surface area contributed by atoms with Gasteiger partial charge in [0.05, 0.1) is 18.7 Å². The van der Waals surface area contributed by atoms with Gasteiger partial charge in [-0.05, 0) is 25.3 Å². The molecule has 0 fully saturated rings. The molecule has 0 spiro atoms. The summed E-state index contributed by atoms with van der Waals surface area (Å²) in [6.45, 7) is 5.49. The number of likely N-dealkylation sites (N-methyl/N-ethyl adjacent to an activating group) is 1. The lowest BCUT2D eigenvalue weighted by Gasteiger charge is -2.19. The van der Waals surface area contributed by atoms with Crippen LogP contribution in [-0.2, 0) is 17.8 Å². The summed E-state index contributed by atoms with van der Waals surface area (Å²) in [7, 11) is 0. The van der Waals surface area contributed by atoms with E-state index in [0.717, 1.165) is 16.3 Å². The highest BCUT2D eigenvalue weighted by atomic mass is 32.1. The third-order valence-corrected chi connectivity index (χ3v) is 5.65. The monoisotopic (exact) mass is 356 g/mol. The van der Waals surface area contributed by atoms with Crippen molar-refractivity contribution in [2.24, 2.45) is 0 Å². The SMILES string of the molecule is CCN(Cc1cccs1)C(=O)Cc1csc(-c2ccc(C)cc2)n1. The molecule has 0 saturated carbocycles. The minimum Gasteiger partial charge on any atom is -0.337 e. The zero-order valence-corrected chi connectivity index (χ0v) is 15.5. The predicted molar refractivity (Wildman–Crippen MR) is 101 cm³/mol. The molecule has 3 rings (SSSR count). The summed E-state index contributed by atoms with van der Waals surface area (Å²) in [5, 5.41) is 5.01. The molecule has 0 radical (unpaired) electrons. The second kappa shape index (κ2) is 7.73. The highest BCUT2D eigenvalue weighted by Gasteiger charge is 2.15. The summed E-state index contributed by atoms with van der Waals surface area (Å²) in [6.07, 6.45) is 0.363. The standard InChI is InChI=1S/C19H20N2OS2/c1-3-21(12-17-5-4-10-23-17)18(22)11-16-13-24-19(20-16)15-8-6-14(2)7-9-15/h4-10,13H,3,11-12H2,1-2H3. The van der Waals surface area contributed by atoms with Gasteiger partial charge in [-0.25, -0.2) is 4.98 Å². The number of nitrogens with zero attached hydrogens (tertiary/aromatic N) is 2. The molecule has 0 atom stereocenters. The van der Waals surface area contributed by atoms with Gasteiger partial charge in [0.1, 0.15) is 5.01 Å². The first-order valence-corrected chi connectivity index (χ1v) is 9.73. The molecule has 0 unspecified atom stereocenters. The van der Waals surface area contributed by atoms with Crippen molar-refractivity contribution in [1.29, 1.82) is 0 Å². The molecule has 0 bridgehead atoms. The van der Waals surface area contributed by atoms with Crippen LogP contribution in [0.2, 0.25) is 0 Å². The zero-order chi connectivity index (χ0) is 16.9. The van der Waals surface area contributed by atoms with Gasteiger partial charge in [-0.3, -0.25) is 4.79 Å². The Morgan fingerprint density at radius 1 is 1.17 bits per heavy atom. The Morgan fingerprint density at radius 2 is 1.96 bits per heavy atom. The number of carbonyl (C=O) groups excluding carboxylic acids is 1. The maximum absolute atomic E-state index is 12.6. The van der Waals surface area contributed by atoms with Crippen LogP contribution < -0.4 is 0 Å².